The molecule has 2 heterocycles. The summed E-state index contributed by atoms with van der Waals surface area (Å²) in [5, 5.41) is 15.7. The lowest BCUT2D eigenvalue weighted by Gasteiger charge is -2.43. The van der Waals surface area contributed by atoms with Gasteiger partial charge in [-0.25, -0.2) is 4.99 Å². The highest BCUT2D eigenvalue weighted by atomic mass is 15.3. The number of aryl methyl sites for hydroxylation is 1. The van der Waals surface area contributed by atoms with Gasteiger partial charge in [0, 0.05) is 26.2 Å². The molecule has 0 spiro atoms. The summed E-state index contributed by atoms with van der Waals surface area (Å²) >= 11 is 0. The number of likely N-dealkylation sites (tertiary alicyclic amines) is 1. The monoisotopic (exact) mass is 403 g/mol. The van der Waals surface area contributed by atoms with Crippen LogP contribution < -0.4 is 10.6 Å². The molecule has 1 atom stereocenters. The third-order valence-electron chi connectivity index (χ3n) is 6.86. The van der Waals surface area contributed by atoms with Gasteiger partial charge in [0.1, 0.15) is 12.4 Å². The molecule has 0 amide bonds. The molecule has 1 aliphatic heterocycles. The van der Waals surface area contributed by atoms with Gasteiger partial charge in [0.2, 0.25) is 0 Å². The van der Waals surface area contributed by atoms with Gasteiger partial charge in [-0.1, -0.05) is 27.2 Å². The molecule has 1 saturated heterocycles. The highest BCUT2D eigenvalue weighted by Crippen LogP contribution is 2.45. The van der Waals surface area contributed by atoms with Crippen LogP contribution in [0.25, 0.3) is 0 Å². The Labute approximate surface area is 176 Å². The molecule has 0 radical (unpaired) electrons. The van der Waals surface area contributed by atoms with Crippen molar-refractivity contribution in [2.45, 2.75) is 78.8 Å². The summed E-state index contributed by atoms with van der Waals surface area (Å²) in [5.74, 6) is 3.49. The first-order valence-electron chi connectivity index (χ1n) is 11.5. The van der Waals surface area contributed by atoms with Crippen molar-refractivity contribution in [2.24, 2.45) is 23.4 Å². The summed E-state index contributed by atoms with van der Waals surface area (Å²) in [7, 11) is 2.00. The fraction of sp³-hybridized carbons (Fsp3) is 0.864. The molecule has 164 valence electrons. The van der Waals surface area contributed by atoms with Crippen LogP contribution >= 0.6 is 0 Å². The van der Waals surface area contributed by atoms with Crippen molar-refractivity contribution in [1.82, 2.24) is 30.3 Å². The third-order valence-corrected chi connectivity index (χ3v) is 6.86. The van der Waals surface area contributed by atoms with Gasteiger partial charge in [0.15, 0.2) is 11.8 Å². The summed E-state index contributed by atoms with van der Waals surface area (Å²) < 4.78 is 2.02. The smallest absolute Gasteiger partial charge is 0.191 e. The molecule has 2 aliphatic rings. The standard InChI is InChI=1S/C22H41N7/c1-6-29-12-7-9-19(29)14-23-21(24-15-20-27-26-18(4)28(20)5)25-16-22(10-8-11-22)13-17(2)3/h17,19H,6-16H2,1-5H3,(H2,23,24,25). The molecule has 1 aromatic rings. The van der Waals surface area contributed by atoms with Crippen molar-refractivity contribution < 1.29 is 0 Å². The van der Waals surface area contributed by atoms with Gasteiger partial charge in [-0.3, -0.25) is 4.90 Å². The number of aromatic nitrogens is 3. The number of hydrogen-bond donors (Lipinski definition) is 2. The Morgan fingerprint density at radius 2 is 2.03 bits per heavy atom. The maximum absolute atomic E-state index is 4.87. The van der Waals surface area contributed by atoms with E-state index >= 15 is 0 Å². The predicted molar refractivity (Wildman–Crippen MR) is 119 cm³/mol. The van der Waals surface area contributed by atoms with E-state index in [9.17, 15) is 0 Å². The number of hydrogen-bond acceptors (Lipinski definition) is 4. The Balaban J connectivity index is 1.63. The SMILES string of the molecule is CCN1CCCC1CNC(=NCc1nnc(C)n1C)NCC1(CC(C)C)CCC1. The molecule has 2 N–H and O–H groups in total. The summed E-state index contributed by atoms with van der Waals surface area (Å²) in [5.41, 5.74) is 0.445. The zero-order chi connectivity index (χ0) is 20.9. The van der Waals surface area contributed by atoms with E-state index in [1.165, 1.54) is 45.1 Å². The van der Waals surface area contributed by atoms with Crippen molar-refractivity contribution in [3.8, 4) is 0 Å². The van der Waals surface area contributed by atoms with E-state index in [-0.39, 0.29) is 0 Å². The zero-order valence-electron chi connectivity index (χ0n) is 19.2. The quantitative estimate of drug-likeness (QED) is 0.490. The van der Waals surface area contributed by atoms with E-state index in [0.29, 0.717) is 18.0 Å². The summed E-state index contributed by atoms with van der Waals surface area (Å²) in [6.45, 7) is 13.8. The predicted octanol–water partition coefficient (Wildman–Crippen LogP) is 2.86. The Morgan fingerprint density at radius 1 is 1.24 bits per heavy atom. The second kappa shape index (κ2) is 9.92. The minimum absolute atomic E-state index is 0.445. The molecule has 0 aromatic carbocycles. The number of aliphatic imine (C=N–C) groups is 1. The Morgan fingerprint density at radius 3 is 2.62 bits per heavy atom. The average Bonchev–Trinajstić information content (AvgIpc) is 3.25. The molecule has 1 unspecified atom stereocenters. The molecule has 7 heteroatoms. The van der Waals surface area contributed by atoms with E-state index in [1.54, 1.807) is 0 Å². The fourth-order valence-electron chi connectivity index (χ4n) is 4.94. The second-order valence-electron chi connectivity index (χ2n) is 9.50. The molecule has 2 fully saturated rings. The number of nitrogens with zero attached hydrogens (tertiary/aromatic N) is 5. The van der Waals surface area contributed by atoms with E-state index < -0.39 is 0 Å². The van der Waals surface area contributed by atoms with Gasteiger partial charge in [0.05, 0.1) is 0 Å². The number of guanidine groups is 1. The maximum Gasteiger partial charge on any atom is 0.191 e. The average molecular weight is 404 g/mol. The minimum Gasteiger partial charge on any atom is -0.356 e. The lowest BCUT2D eigenvalue weighted by Crippen LogP contribution is -2.49. The van der Waals surface area contributed by atoms with E-state index in [4.69, 9.17) is 4.99 Å². The summed E-state index contributed by atoms with van der Waals surface area (Å²) in [4.78, 5) is 7.45. The van der Waals surface area contributed by atoms with Crippen LogP contribution in [0.4, 0.5) is 0 Å². The van der Waals surface area contributed by atoms with Crippen LogP contribution in [0.1, 0.15) is 70.9 Å². The minimum atomic E-state index is 0.445. The van der Waals surface area contributed by atoms with Crippen molar-refractivity contribution in [3.05, 3.63) is 11.6 Å². The van der Waals surface area contributed by atoms with Gasteiger partial charge in [-0.15, -0.1) is 10.2 Å². The van der Waals surface area contributed by atoms with Crippen LogP contribution in [0, 0.1) is 18.3 Å². The van der Waals surface area contributed by atoms with E-state index in [0.717, 1.165) is 43.2 Å². The fourth-order valence-corrected chi connectivity index (χ4v) is 4.94. The molecule has 1 aliphatic carbocycles. The topological polar surface area (TPSA) is 70.4 Å². The van der Waals surface area contributed by atoms with Gasteiger partial charge in [-0.2, -0.15) is 0 Å². The first-order chi connectivity index (χ1) is 13.9. The number of likely N-dealkylation sites (N-methyl/N-ethyl adjacent to an activating group) is 1. The largest absolute Gasteiger partial charge is 0.356 e. The van der Waals surface area contributed by atoms with Gasteiger partial charge < -0.3 is 15.2 Å². The van der Waals surface area contributed by atoms with Crippen LogP contribution in [0.3, 0.4) is 0 Å². The van der Waals surface area contributed by atoms with Crippen LogP contribution in [0.2, 0.25) is 0 Å². The number of nitrogens with one attached hydrogen (secondary N) is 2. The van der Waals surface area contributed by atoms with E-state index in [1.807, 2.05) is 18.5 Å². The molecule has 0 bridgehead atoms. The molecule has 1 saturated carbocycles. The zero-order valence-corrected chi connectivity index (χ0v) is 19.2. The summed E-state index contributed by atoms with van der Waals surface area (Å²) in [6.07, 6.45) is 7.89. The molecule has 1 aromatic heterocycles. The van der Waals surface area contributed by atoms with Crippen molar-refractivity contribution in [1.29, 1.82) is 0 Å². The Bertz CT molecular complexity index is 675. The van der Waals surface area contributed by atoms with Gasteiger partial charge in [0.25, 0.3) is 0 Å². The van der Waals surface area contributed by atoms with Gasteiger partial charge >= 0.3 is 0 Å². The van der Waals surface area contributed by atoms with Crippen LogP contribution in [-0.4, -0.2) is 57.8 Å². The first kappa shape index (κ1) is 22.1. The van der Waals surface area contributed by atoms with Crippen molar-refractivity contribution in [3.63, 3.8) is 0 Å². The van der Waals surface area contributed by atoms with Gasteiger partial charge in [-0.05, 0) is 63.5 Å². The van der Waals surface area contributed by atoms with Crippen LogP contribution in [0.15, 0.2) is 4.99 Å². The second-order valence-corrected chi connectivity index (χ2v) is 9.50. The Kier molecular flexibility index (Phi) is 7.55. The lowest BCUT2D eigenvalue weighted by molar-refractivity contribution is 0.104. The highest BCUT2D eigenvalue weighted by molar-refractivity contribution is 5.79. The summed E-state index contributed by atoms with van der Waals surface area (Å²) in [6, 6.07) is 0.609. The first-order valence-corrected chi connectivity index (χ1v) is 11.5. The van der Waals surface area contributed by atoms with Crippen LogP contribution in [-0.2, 0) is 13.6 Å². The molecule has 7 nitrogen and oxygen atoms in total. The van der Waals surface area contributed by atoms with E-state index in [2.05, 4.69) is 46.5 Å². The Hall–Kier alpha value is -1.63. The lowest BCUT2D eigenvalue weighted by atomic mass is 9.64. The molecule has 29 heavy (non-hydrogen) atoms. The molecule has 3 rings (SSSR count). The highest BCUT2D eigenvalue weighted by Gasteiger charge is 2.37. The normalized spacial score (nSPS) is 22.1. The molecular weight excluding hydrogens is 362 g/mol. The maximum atomic E-state index is 4.87. The van der Waals surface area contributed by atoms with Crippen molar-refractivity contribution >= 4 is 5.96 Å². The number of rotatable bonds is 9. The molecular formula is C22H41N7. The van der Waals surface area contributed by atoms with Crippen LogP contribution in [0.5, 0.6) is 0 Å². The van der Waals surface area contributed by atoms with Crippen molar-refractivity contribution in [2.75, 3.05) is 26.2 Å². The third kappa shape index (κ3) is 5.71.